The van der Waals surface area contributed by atoms with Crippen molar-refractivity contribution in [1.82, 2.24) is 15.5 Å². The summed E-state index contributed by atoms with van der Waals surface area (Å²) in [7, 11) is 1.75. The number of amides is 1. The maximum atomic E-state index is 11.8. The number of fused-ring (bicyclic) bond motifs is 1. The number of likely N-dealkylation sites (tertiary alicyclic amines) is 1. The van der Waals surface area contributed by atoms with E-state index in [9.17, 15) is 4.79 Å². The zero-order valence-corrected chi connectivity index (χ0v) is 16.1. The van der Waals surface area contributed by atoms with Gasteiger partial charge in [-0.25, -0.2) is 0 Å². The fraction of sp³-hybridized carbons (Fsp3) is 0.429. The number of benzene rings is 2. The van der Waals surface area contributed by atoms with Crippen molar-refractivity contribution in [3.63, 3.8) is 0 Å². The molecule has 0 aromatic heterocycles. The molecule has 0 radical (unpaired) electrons. The van der Waals surface area contributed by atoms with Crippen LogP contribution in [-0.4, -0.2) is 56.1 Å². The summed E-state index contributed by atoms with van der Waals surface area (Å²) in [6, 6.07) is 14.5. The van der Waals surface area contributed by atoms with Gasteiger partial charge in [0.1, 0.15) is 12.4 Å². The van der Waals surface area contributed by atoms with Crippen molar-refractivity contribution in [3.05, 3.63) is 42.5 Å². The van der Waals surface area contributed by atoms with Crippen LogP contribution in [0.25, 0.3) is 10.8 Å². The van der Waals surface area contributed by atoms with Crippen LogP contribution in [0.3, 0.4) is 0 Å². The molecule has 6 heteroatoms. The van der Waals surface area contributed by atoms with Crippen LogP contribution in [0.15, 0.2) is 47.5 Å². The Kier molecular flexibility index (Phi) is 6.52. The van der Waals surface area contributed by atoms with Crippen molar-refractivity contribution >= 4 is 22.6 Å². The molecule has 1 fully saturated rings. The molecule has 6 nitrogen and oxygen atoms in total. The number of rotatable bonds is 6. The lowest BCUT2D eigenvalue weighted by molar-refractivity contribution is -0.129. The number of carbonyl (C=O) groups is 1. The number of guanidine groups is 1. The molecule has 144 valence electrons. The van der Waals surface area contributed by atoms with Crippen molar-refractivity contribution < 1.29 is 9.53 Å². The predicted octanol–water partition coefficient (Wildman–Crippen LogP) is 2.39. The van der Waals surface area contributed by atoms with Gasteiger partial charge < -0.3 is 20.3 Å². The van der Waals surface area contributed by atoms with E-state index in [1.807, 2.05) is 36.1 Å². The number of hydrogen-bond acceptors (Lipinski definition) is 3. The fourth-order valence-corrected chi connectivity index (χ4v) is 3.37. The van der Waals surface area contributed by atoms with Crippen molar-refractivity contribution in [1.29, 1.82) is 0 Å². The summed E-state index contributed by atoms with van der Waals surface area (Å²) in [5.41, 5.74) is 0. The summed E-state index contributed by atoms with van der Waals surface area (Å²) in [5.74, 6) is 1.85. The first-order valence-corrected chi connectivity index (χ1v) is 9.56. The Labute approximate surface area is 160 Å². The Morgan fingerprint density at radius 3 is 2.89 bits per heavy atom. The maximum absolute atomic E-state index is 11.8. The van der Waals surface area contributed by atoms with Crippen LogP contribution in [0.5, 0.6) is 5.75 Å². The highest BCUT2D eigenvalue weighted by atomic mass is 16.5. The second kappa shape index (κ2) is 9.26. The molecule has 0 saturated carbocycles. The highest BCUT2D eigenvalue weighted by Gasteiger charge is 2.25. The summed E-state index contributed by atoms with van der Waals surface area (Å²) < 4.78 is 5.95. The number of carbonyl (C=O) groups excluding carboxylic acids is 1. The molecule has 1 atom stereocenters. The summed E-state index contributed by atoms with van der Waals surface area (Å²) in [6.07, 6.45) is 1.50. The standard InChI is InChI=1S/C21H28N4O2/c1-3-20(26)25-13-11-17(15-25)24-21(22-2)23-12-14-27-19-10-6-8-16-7-4-5-9-18(16)19/h4-10,17H,3,11-15H2,1-2H3,(H2,22,23,24). The zero-order valence-electron chi connectivity index (χ0n) is 16.1. The monoisotopic (exact) mass is 368 g/mol. The molecule has 0 aliphatic carbocycles. The maximum Gasteiger partial charge on any atom is 0.222 e. The van der Waals surface area contributed by atoms with Gasteiger partial charge in [0, 0.05) is 38.0 Å². The summed E-state index contributed by atoms with van der Waals surface area (Å²) in [5, 5.41) is 8.97. The molecular weight excluding hydrogens is 340 g/mol. The first-order chi connectivity index (χ1) is 13.2. The first-order valence-electron chi connectivity index (χ1n) is 9.56. The zero-order chi connectivity index (χ0) is 19.1. The van der Waals surface area contributed by atoms with Crippen LogP contribution in [-0.2, 0) is 4.79 Å². The highest BCUT2D eigenvalue weighted by molar-refractivity contribution is 5.88. The molecular formula is C21H28N4O2. The van der Waals surface area contributed by atoms with Crippen molar-refractivity contribution in [2.45, 2.75) is 25.8 Å². The fourth-order valence-electron chi connectivity index (χ4n) is 3.37. The van der Waals surface area contributed by atoms with Crippen molar-refractivity contribution in [2.24, 2.45) is 4.99 Å². The molecule has 2 aromatic carbocycles. The van der Waals surface area contributed by atoms with Crippen LogP contribution in [0.1, 0.15) is 19.8 Å². The lowest BCUT2D eigenvalue weighted by Gasteiger charge is -2.19. The average Bonchev–Trinajstić information content (AvgIpc) is 3.18. The van der Waals surface area contributed by atoms with E-state index in [0.717, 1.165) is 36.6 Å². The second-order valence-corrected chi connectivity index (χ2v) is 6.65. The molecule has 0 bridgehead atoms. The van der Waals surface area contributed by atoms with E-state index in [1.165, 1.54) is 5.39 Å². The van der Waals surface area contributed by atoms with Crippen molar-refractivity contribution in [3.8, 4) is 5.75 Å². The van der Waals surface area contributed by atoms with Crippen LogP contribution in [0.4, 0.5) is 0 Å². The predicted molar refractivity (Wildman–Crippen MR) is 109 cm³/mol. The Hall–Kier alpha value is -2.76. The van der Waals surface area contributed by atoms with Gasteiger partial charge in [-0.2, -0.15) is 0 Å². The molecule has 1 aliphatic rings. The van der Waals surface area contributed by atoms with Crippen molar-refractivity contribution in [2.75, 3.05) is 33.3 Å². The van der Waals surface area contributed by atoms with Crippen LogP contribution >= 0.6 is 0 Å². The Morgan fingerprint density at radius 2 is 2.07 bits per heavy atom. The number of nitrogens with one attached hydrogen (secondary N) is 2. The van der Waals surface area contributed by atoms with Gasteiger partial charge in [-0.15, -0.1) is 0 Å². The third-order valence-corrected chi connectivity index (χ3v) is 4.81. The third-order valence-electron chi connectivity index (χ3n) is 4.81. The Morgan fingerprint density at radius 1 is 1.26 bits per heavy atom. The number of hydrogen-bond donors (Lipinski definition) is 2. The molecule has 1 heterocycles. The first kappa shape index (κ1) is 19.0. The van der Waals surface area contributed by atoms with Gasteiger partial charge in [-0.3, -0.25) is 9.79 Å². The number of nitrogens with zero attached hydrogens (tertiary/aromatic N) is 2. The van der Waals surface area contributed by atoms with E-state index in [2.05, 4.69) is 33.8 Å². The molecule has 1 unspecified atom stereocenters. The highest BCUT2D eigenvalue weighted by Crippen LogP contribution is 2.24. The van der Waals surface area contributed by atoms with E-state index < -0.39 is 0 Å². The smallest absolute Gasteiger partial charge is 0.222 e. The normalized spacial score (nSPS) is 17.2. The molecule has 2 aromatic rings. The summed E-state index contributed by atoms with van der Waals surface area (Å²) >= 11 is 0. The topological polar surface area (TPSA) is 66.0 Å². The van der Waals surface area contributed by atoms with E-state index in [1.54, 1.807) is 7.05 Å². The van der Waals surface area contributed by atoms with Gasteiger partial charge in [0.15, 0.2) is 5.96 Å². The molecule has 2 N–H and O–H groups in total. The van der Waals surface area contributed by atoms with E-state index in [-0.39, 0.29) is 11.9 Å². The molecule has 1 aliphatic heterocycles. The van der Waals surface area contributed by atoms with Crippen LogP contribution < -0.4 is 15.4 Å². The Balaban J connectivity index is 1.44. The number of aliphatic imine (C=N–C) groups is 1. The molecule has 27 heavy (non-hydrogen) atoms. The number of ether oxygens (including phenoxy) is 1. The van der Waals surface area contributed by atoms with Gasteiger partial charge in [0.25, 0.3) is 0 Å². The van der Waals surface area contributed by atoms with E-state index >= 15 is 0 Å². The molecule has 1 saturated heterocycles. The van der Waals surface area contributed by atoms with Gasteiger partial charge in [0.2, 0.25) is 5.91 Å². The van der Waals surface area contributed by atoms with E-state index in [4.69, 9.17) is 4.74 Å². The van der Waals surface area contributed by atoms with Crippen LogP contribution in [0.2, 0.25) is 0 Å². The van der Waals surface area contributed by atoms with Crippen LogP contribution in [0, 0.1) is 0 Å². The third kappa shape index (κ3) is 4.90. The van der Waals surface area contributed by atoms with Gasteiger partial charge in [-0.1, -0.05) is 43.3 Å². The van der Waals surface area contributed by atoms with Gasteiger partial charge in [0.05, 0.1) is 6.54 Å². The minimum Gasteiger partial charge on any atom is -0.491 e. The lowest BCUT2D eigenvalue weighted by atomic mass is 10.1. The second-order valence-electron chi connectivity index (χ2n) is 6.65. The largest absolute Gasteiger partial charge is 0.491 e. The molecule has 3 rings (SSSR count). The van der Waals surface area contributed by atoms with Gasteiger partial charge >= 0.3 is 0 Å². The SMILES string of the molecule is CCC(=O)N1CCC(NC(=NC)NCCOc2cccc3ccccc23)C1. The van der Waals surface area contributed by atoms with Gasteiger partial charge in [-0.05, 0) is 17.9 Å². The summed E-state index contributed by atoms with van der Waals surface area (Å²) in [4.78, 5) is 18.0. The minimum atomic E-state index is 0.214. The minimum absolute atomic E-state index is 0.214. The summed E-state index contributed by atoms with van der Waals surface area (Å²) in [6.45, 7) is 4.64. The average molecular weight is 368 g/mol. The Bertz CT molecular complexity index is 800. The lowest BCUT2D eigenvalue weighted by Crippen LogP contribution is -2.46. The van der Waals surface area contributed by atoms with E-state index in [0.29, 0.717) is 19.6 Å². The molecule has 0 spiro atoms. The molecule has 1 amide bonds. The quantitative estimate of drug-likeness (QED) is 0.467.